The van der Waals surface area contributed by atoms with Gasteiger partial charge < -0.3 is 10.3 Å². The number of nitrogens with zero attached hydrogens (tertiary/aromatic N) is 1. The molecule has 84 valence electrons. The fraction of sp³-hybridized carbons (Fsp3) is 0.750. The number of H-pyrrole nitrogens is 1. The summed E-state index contributed by atoms with van der Waals surface area (Å²) in [6.07, 6.45) is 7.39. The Morgan fingerprint density at radius 2 is 2.27 bits per heavy atom. The first-order valence-electron chi connectivity index (χ1n) is 5.99. The highest BCUT2D eigenvalue weighted by molar-refractivity contribution is 5.08. The van der Waals surface area contributed by atoms with Crippen LogP contribution in [0.2, 0.25) is 0 Å². The van der Waals surface area contributed by atoms with Crippen LogP contribution in [0.1, 0.15) is 44.0 Å². The summed E-state index contributed by atoms with van der Waals surface area (Å²) in [6.45, 7) is 5.27. The monoisotopic (exact) mass is 207 g/mol. The second kappa shape index (κ2) is 4.79. The largest absolute Gasteiger partial charge is 0.348 e. The molecule has 0 bridgehead atoms. The van der Waals surface area contributed by atoms with Crippen LogP contribution >= 0.6 is 0 Å². The van der Waals surface area contributed by atoms with Crippen LogP contribution < -0.4 is 5.32 Å². The van der Waals surface area contributed by atoms with Gasteiger partial charge in [-0.05, 0) is 32.6 Å². The Kier molecular flexibility index (Phi) is 3.41. The number of aryl methyl sites for hydroxylation is 1. The molecule has 0 aliphatic heterocycles. The summed E-state index contributed by atoms with van der Waals surface area (Å²) < 4.78 is 0. The molecule has 2 rings (SSSR count). The van der Waals surface area contributed by atoms with Gasteiger partial charge in [-0.1, -0.05) is 12.8 Å². The molecule has 0 spiro atoms. The smallest absolute Gasteiger partial charge is 0.0925 e. The molecule has 3 nitrogen and oxygen atoms in total. The molecule has 3 heteroatoms. The van der Waals surface area contributed by atoms with Crippen molar-refractivity contribution in [1.29, 1.82) is 0 Å². The van der Waals surface area contributed by atoms with Crippen molar-refractivity contribution in [2.75, 3.05) is 0 Å². The summed E-state index contributed by atoms with van der Waals surface area (Å²) in [5, 5.41) is 3.59. The molecule has 0 aromatic carbocycles. The predicted octanol–water partition coefficient (Wildman–Crippen LogP) is 2.39. The van der Waals surface area contributed by atoms with E-state index >= 15 is 0 Å². The molecule has 0 radical (unpaired) electrons. The van der Waals surface area contributed by atoms with Crippen LogP contribution in [0.15, 0.2) is 6.33 Å². The van der Waals surface area contributed by atoms with Gasteiger partial charge in [0.15, 0.2) is 0 Å². The van der Waals surface area contributed by atoms with E-state index in [0.29, 0.717) is 6.04 Å². The third-order valence-electron chi connectivity index (χ3n) is 3.63. The highest BCUT2D eigenvalue weighted by Crippen LogP contribution is 2.27. The topological polar surface area (TPSA) is 40.7 Å². The lowest BCUT2D eigenvalue weighted by atomic mass is 10.00. The van der Waals surface area contributed by atoms with Gasteiger partial charge in [-0.25, -0.2) is 4.98 Å². The molecular weight excluding hydrogens is 186 g/mol. The van der Waals surface area contributed by atoms with Crippen LogP contribution in [-0.4, -0.2) is 16.0 Å². The molecule has 1 fully saturated rings. The summed E-state index contributed by atoms with van der Waals surface area (Å²) >= 11 is 0. The first kappa shape index (κ1) is 10.7. The highest BCUT2D eigenvalue weighted by atomic mass is 15.0. The summed E-state index contributed by atoms with van der Waals surface area (Å²) in [5.41, 5.74) is 2.33. The van der Waals surface area contributed by atoms with Crippen LogP contribution in [0, 0.1) is 12.8 Å². The van der Waals surface area contributed by atoms with E-state index in [1.807, 2.05) is 0 Å². The van der Waals surface area contributed by atoms with Gasteiger partial charge in [0.25, 0.3) is 0 Å². The molecule has 0 amide bonds. The van der Waals surface area contributed by atoms with Gasteiger partial charge in [0.1, 0.15) is 0 Å². The molecule has 0 saturated heterocycles. The third-order valence-corrected chi connectivity index (χ3v) is 3.63. The molecule has 1 aromatic rings. The molecule has 1 saturated carbocycles. The zero-order valence-corrected chi connectivity index (χ0v) is 9.71. The number of imidazole rings is 1. The maximum atomic E-state index is 4.30. The van der Waals surface area contributed by atoms with Crippen molar-refractivity contribution in [3.8, 4) is 0 Å². The zero-order valence-electron chi connectivity index (χ0n) is 9.71. The van der Waals surface area contributed by atoms with Gasteiger partial charge in [0.2, 0.25) is 0 Å². The van der Waals surface area contributed by atoms with Gasteiger partial charge in [-0.15, -0.1) is 0 Å². The van der Waals surface area contributed by atoms with E-state index in [9.17, 15) is 0 Å². The van der Waals surface area contributed by atoms with Gasteiger partial charge in [0.05, 0.1) is 12.0 Å². The van der Waals surface area contributed by atoms with Crippen LogP contribution in [0.5, 0.6) is 0 Å². The number of aromatic nitrogens is 2. The summed E-state index contributed by atoms with van der Waals surface area (Å²) in [6, 6.07) is 0.628. The second-order valence-electron chi connectivity index (χ2n) is 4.69. The summed E-state index contributed by atoms with van der Waals surface area (Å²) in [5.74, 6) is 0.879. The van der Waals surface area contributed by atoms with E-state index in [1.165, 1.54) is 31.4 Å². The van der Waals surface area contributed by atoms with E-state index in [2.05, 4.69) is 29.1 Å². The molecule has 0 unspecified atom stereocenters. The lowest BCUT2D eigenvalue weighted by Gasteiger charge is -2.19. The van der Waals surface area contributed by atoms with Crippen molar-refractivity contribution in [3.05, 3.63) is 17.7 Å². The number of hydrogen-bond donors (Lipinski definition) is 2. The molecule has 1 aliphatic carbocycles. The summed E-state index contributed by atoms with van der Waals surface area (Å²) in [4.78, 5) is 7.41. The van der Waals surface area contributed by atoms with Crippen LogP contribution in [0.25, 0.3) is 0 Å². The van der Waals surface area contributed by atoms with Crippen molar-refractivity contribution < 1.29 is 0 Å². The van der Waals surface area contributed by atoms with Crippen LogP contribution in [-0.2, 0) is 6.54 Å². The fourth-order valence-corrected chi connectivity index (χ4v) is 2.45. The van der Waals surface area contributed by atoms with Crippen molar-refractivity contribution >= 4 is 0 Å². The minimum absolute atomic E-state index is 0.628. The van der Waals surface area contributed by atoms with Crippen molar-refractivity contribution in [1.82, 2.24) is 15.3 Å². The molecule has 1 heterocycles. The standard InChI is InChI=1S/C12H21N3/c1-9(11-5-3-4-6-11)13-7-12-10(2)14-8-15-12/h8-9,11,13H,3-7H2,1-2H3,(H,14,15)/t9-/m1/s1. The molecular formula is C12H21N3. The second-order valence-corrected chi connectivity index (χ2v) is 4.69. The van der Waals surface area contributed by atoms with E-state index in [0.717, 1.165) is 18.2 Å². The van der Waals surface area contributed by atoms with Crippen molar-refractivity contribution in [2.45, 2.75) is 52.1 Å². The van der Waals surface area contributed by atoms with Gasteiger partial charge in [-0.2, -0.15) is 0 Å². The van der Waals surface area contributed by atoms with Gasteiger partial charge >= 0.3 is 0 Å². The number of aromatic amines is 1. The van der Waals surface area contributed by atoms with Gasteiger partial charge in [0, 0.05) is 18.3 Å². The minimum atomic E-state index is 0.628. The maximum Gasteiger partial charge on any atom is 0.0925 e. The average molecular weight is 207 g/mol. The molecule has 1 atom stereocenters. The van der Waals surface area contributed by atoms with Crippen LogP contribution in [0.4, 0.5) is 0 Å². The predicted molar refractivity (Wildman–Crippen MR) is 61.6 cm³/mol. The minimum Gasteiger partial charge on any atom is -0.348 e. The number of nitrogens with one attached hydrogen (secondary N) is 2. The maximum absolute atomic E-state index is 4.30. The zero-order chi connectivity index (χ0) is 10.7. The number of hydrogen-bond acceptors (Lipinski definition) is 2. The summed E-state index contributed by atoms with van der Waals surface area (Å²) in [7, 11) is 0. The number of rotatable bonds is 4. The molecule has 1 aliphatic rings. The third kappa shape index (κ3) is 2.59. The Labute approximate surface area is 91.7 Å². The lowest BCUT2D eigenvalue weighted by molar-refractivity contribution is 0.379. The Morgan fingerprint density at radius 1 is 1.53 bits per heavy atom. The Bertz CT molecular complexity index is 300. The quantitative estimate of drug-likeness (QED) is 0.796. The first-order chi connectivity index (χ1) is 7.27. The molecule has 2 N–H and O–H groups in total. The van der Waals surface area contributed by atoms with E-state index < -0.39 is 0 Å². The van der Waals surface area contributed by atoms with Crippen molar-refractivity contribution in [2.24, 2.45) is 5.92 Å². The molecule has 15 heavy (non-hydrogen) atoms. The SMILES string of the molecule is Cc1[nH]cnc1CN[C@H](C)C1CCCC1. The van der Waals surface area contributed by atoms with E-state index in [1.54, 1.807) is 6.33 Å². The average Bonchev–Trinajstić information content (AvgIpc) is 2.85. The van der Waals surface area contributed by atoms with Gasteiger partial charge in [-0.3, -0.25) is 0 Å². The lowest BCUT2D eigenvalue weighted by Crippen LogP contribution is -2.32. The Morgan fingerprint density at radius 3 is 2.87 bits per heavy atom. The van der Waals surface area contributed by atoms with E-state index in [-0.39, 0.29) is 0 Å². The van der Waals surface area contributed by atoms with Crippen LogP contribution in [0.3, 0.4) is 0 Å². The highest BCUT2D eigenvalue weighted by Gasteiger charge is 2.21. The Balaban J connectivity index is 1.80. The Hall–Kier alpha value is -0.830. The van der Waals surface area contributed by atoms with E-state index in [4.69, 9.17) is 0 Å². The first-order valence-corrected chi connectivity index (χ1v) is 5.99. The molecule has 1 aromatic heterocycles. The van der Waals surface area contributed by atoms with Crippen molar-refractivity contribution in [3.63, 3.8) is 0 Å². The normalized spacial score (nSPS) is 19.6. The fourth-order valence-electron chi connectivity index (χ4n) is 2.45.